The summed E-state index contributed by atoms with van der Waals surface area (Å²) in [5, 5.41) is 0. The third kappa shape index (κ3) is 5.46. The van der Waals surface area contributed by atoms with Crippen LogP contribution in [-0.2, 0) is 6.42 Å². The highest BCUT2D eigenvalue weighted by molar-refractivity contribution is 5.14. The van der Waals surface area contributed by atoms with Gasteiger partial charge in [0.25, 0.3) is 0 Å². The van der Waals surface area contributed by atoms with Crippen molar-refractivity contribution in [2.45, 2.75) is 46.5 Å². The maximum atomic E-state index is 2.25. The molecule has 0 spiro atoms. The lowest BCUT2D eigenvalue weighted by Gasteiger charge is -1.99. The fourth-order valence-electron chi connectivity index (χ4n) is 1.40. The van der Waals surface area contributed by atoms with Crippen LogP contribution in [0.15, 0.2) is 30.3 Å². The quantitative estimate of drug-likeness (QED) is 0.584. The van der Waals surface area contributed by atoms with Gasteiger partial charge in [-0.05, 0) is 18.4 Å². The summed E-state index contributed by atoms with van der Waals surface area (Å²) < 4.78 is 0. The van der Waals surface area contributed by atoms with E-state index in [2.05, 4.69) is 37.3 Å². The molecule has 0 saturated carbocycles. The first-order chi connectivity index (χ1) is 5.93. The average Bonchev–Trinajstić information content (AvgIpc) is 2.14. The Hall–Kier alpha value is -0.780. The van der Waals surface area contributed by atoms with E-state index in [1.165, 1.54) is 37.7 Å². The third-order valence-corrected chi connectivity index (χ3v) is 2.16. The second-order valence-electron chi connectivity index (χ2n) is 3.30. The van der Waals surface area contributed by atoms with Crippen molar-refractivity contribution in [2.24, 2.45) is 0 Å². The number of benzene rings is 1. The standard InChI is InChI=1S/C12H18.CH4/c1-2-3-4-6-9-12-10-7-5-8-11-12;/h5,7-8,10-11H,2-4,6,9H2,1H3;1H4. The highest BCUT2D eigenvalue weighted by atomic mass is 14.0. The van der Waals surface area contributed by atoms with Gasteiger partial charge in [0, 0.05) is 0 Å². The molecule has 0 saturated heterocycles. The molecule has 0 atom stereocenters. The molecular weight excluding hydrogens is 156 g/mol. The smallest absolute Gasteiger partial charge is 0.0279 e. The van der Waals surface area contributed by atoms with Gasteiger partial charge in [-0.1, -0.05) is 63.9 Å². The molecule has 1 aromatic carbocycles. The Bertz CT molecular complexity index is 188. The molecule has 0 aromatic heterocycles. The first kappa shape index (κ1) is 12.2. The first-order valence-electron chi connectivity index (χ1n) is 4.97. The Morgan fingerprint density at radius 2 is 1.62 bits per heavy atom. The van der Waals surface area contributed by atoms with Crippen LogP contribution in [0.1, 0.15) is 45.6 Å². The molecule has 0 aliphatic carbocycles. The van der Waals surface area contributed by atoms with Crippen LogP contribution in [0.3, 0.4) is 0 Å². The van der Waals surface area contributed by atoms with Crippen molar-refractivity contribution in [3.8, 4) is 0 Å². The summed E-state index contributed by atoms with van der Waals surface area (Å²) in [6.45, 7) is 2.25. The Balaban J connectivity index is 0.00000144. The topological polar surface area (TPSA) is 0 Å². The monoisotopic (exact) mass is 178 g/mol. The van der Waals surface area contributed by atoms with E-state index < -0.39 is 0 Å². The van der Waals surface area contributed by atoms with Crippen molar-refractivity contribution in [3.05, 3.63) is 35.9 Å². The Morgan fingerprint density at radius 3 is 2.23 bits per heavy atom. The van der Waals surface area contributed by atoms with Crippen molar-refractivity contribution in [1.29, 1.82) is 0 Å². The highest BCUT2D eigenvalue weighted by Crippen LogP contribution is 2.06. The van der Waals surface area contributed by atoms with E-state index in [1.807, 2.05) is 0 Å². The molecule has 74 valence electrons. The third-order valence-electron chi connectivity index (χ3n) is 2.16. The van der Waals surface area contributed by atoms with E-state index in [9.17, 15) is 0 Å². The Labute approximate surface area is 83.0 Å². The molecule has 0 aliphatic rings. The summed E-state index contributed by atoms with van der Waals surface area (Å²) >= 11 is 0. The van der Waals surface area contributed by atoms with Crippen molar-refractivity contribution < 1.29 is 0 Å². The lowest BCUT2D eigenvalue weighted by Crippen LogP contribution is -1.84. The van der Waals surface area contributed by atoms with Gasteiger partial charge in [-0.15, -0.1) is 0 Å². The van der Waals surface area contributed by atoms with Gasteiger partial charge in [0.2, 0.25) is 0 Å². The largest absolute Gasteiger partial charge is 0.0776 e. The van der Waals surface area contributed by atoms with Gasteiger partial charge in [0.05, 0.1) is 0 Å². The summed E-state index contributed by atoms with van der Waals surface area (Å²) in [7, 11) is 0. The predicted molar refractivity (Wildman–Crippen MR) is 61.0 cm³/mol. The van der Waals surface area contributed by atoms with Crippen molar-refractivity contribution in [2.75, 3.05) is 0 Å². The number of aryl methyl sites for hydroxylation is 1. The molecule has 13 heavy (non-hydrogen) atoms. The van der Waals surface area contributed by atoms with Crippen LogP contribution >= 0.6 is 0 Å². The summed E-state index contributed by atoms with van der Waals surface area (Å²) in [5.74, 6) is 0. The number of hydrogen-bond donors (Lipinski definition) is 0. The normalized spacial score (nSPS) is 9.31. The van der Waals surface area contributed by atoms with Crippen LogP contribution in [0.2, 0.25) is 0 Å². The fraction of sp³-hybridized carbons (Fsp3) is 0.538. The lowest BCUT2D eigenvalue weighted by molar-refractivity contribution is 0.667. The molecule has 1 aromatic rings. The zero-order valence-electron chi connectivity index (χ0n) is 7.92. The zero-order valence-corrected chi connectivity index (χ0v) is 7.92. The number of hydrogen-bond acceptors (Lipinski definition) is 0. The van der Waals surface area contributed by atoms with Gasteiger partial charge in [-0.25, -0.2) is 0 Å². The molecular formula is C13H22. The molecule has 0 unspecified atom stereocenters. The number of rotatable bonds is 5. The van der Waals surface area contributed by atoms with Crippen LogP contribution in [-0.4, -0.2) is 0 Å². The van der Waals surface area contributed by atoms with Crippen molar-refractivity contribution in [3.63, 3.8) is 0 Å². The van der Waals surface area contributed by atoms with Crippen LogP contribution < -0.4 is 0 Å². The SMILES string of the molecule is C.CCCCCCc1ccccc1. The summed E-state index contributed by atoms with van der Waals surface area (Å²) in [5.41, 5.74) is 1.48. The molecule has 0 nitrogen and oxygen atoms in total. The molecule has 0 amide bonds. The van der Waals surface area contributed by atoms with E-state index in [0.717, 1.165) is 0 Å². The van der Waals surface area contributed by atoms with Crippen LogP contribution in [0.5, 0.6) is 0 Å². The summed E-state index contributed by atoms with van der Waals surface area (Å²) in [4.78, 5) is 0. The molecule has 0 bridgehead atoms. The lowest BCUT2D eigenvalue weighted by atomic mass is 10.1. The summed E-state index contributed by atoms with van der Waals surface area (Å²) in [6.07, 6.45) is 6.69. The minimum atomic E-state index is 0. The van der Waals surface area contributed by atoms with Gasteiger partial charge in [-0.3, -0.25) is 0 Å². The Morgan fingerprint density at radius 1 is 0.923 bits per heavy atom. The molecule has 0 N–H and O–H groups in total. The van der Waals surface area contributed by atoms with Crippen LogP contribution in [0.4, 0.5) is 0 Å². The molecule has 0 heteroatoms. The molecule has 0 fully saturated rings. The van der Waals surface area contributed by atoms with Gasteiger partial charge >= 0.3 is 0 Å². The van der Waals surface area contributed by atoms with Crippen LogP contribution in [0.25, 0.3) is 0 Å². The second-order valence-corrected chi connectivity index (χ2v) is 3.30. The van der Waals surface area contributed by atoms with Crippen LogP contribution in [0, 0.1) is 0 Å². The van der Waals surface area contributed by atoms with Gasteiger partial charge in [0.1, 0.15) is 0 Å². The van der Waals surface area contributed by atoms with E-state index in [-0.39, 0.29) is 7.43 Å². The predicted octanol–water partition coefficient (Wildman–Crippen LogP) is 4.45. The van der Waals surface area contributed by atoms with E-state index in [0.29, 0.717) is 0 Å². The maximum Gasteiger partial charge on any atom is -0.0279 e. The van der Waals surface area contributed by atoms with Crippen molar-refractivity contribution >= 4 is 0 Å². The minimum Gasteiger partial charge on any atom is -0.0776 e. The van der Waals surface area contributed by atoms with E-state index in [1.54, 1.807) is 0 Å². The zero-order chi connectivity index (χ0) is 8.65. The summed E-state index contributed by atoms with van der Waals surface area (Å²) in [6, 6.07) is 10.7. The van der Waals surface area contributed by atoms with Gasteiger partial charge < -0.3 is 0 Å². The fourth-order valence-corrected chi connectivity index (χ4v) is 1.40. The van der Waals surface area contributed by atoms with Gasteiger partial charge in [0.15, 0.2) is 0 Å². The number of unbranched alkanes of at least 4 members (excludes halogenated alkanes) is 3. The Kier molecular flexibility index (Phi) is 7.38. The molecule has 0 radical (unpaired) electrons. The van der Waals surface area contributed by atoms with E-state index >= 15 is 0 Å². The van der Waals surface area contributed by atoms with Gasteiger partial charge in [-0.2, -0.15) is 0 Å². The molecule has 1 rings (SSSR count). The molecule has 0 aliphatic heterocycles. The van der Waals surface area contributed by atoms with Crippen molar-refractivity contribution in [1.82, 2.24) is 0 Å². The average molecular weight is 178 g/mol. The second kappa shape index (κ2) is 7.85. The first-order valence-corrected chi connectivity index (χ1v) is 4.97. The molecule has 0 heterocycles. The van der Waals surface area contributed by atoms with E-state index in [4.69, 9.17) is 0 Å². The minimum absolute atomic E-state index is 0. The maximum absolute atomic E-state index is 2.25. The highest BCUT2D eigenvalue weighted by Gasteiger charge is 1.90.